The lowest BCUT2D eigenvalue weighted by Crippen LogP contribution is -2.18. The van der Waals surface area contributed by atoms with E-state index in [-0.39, 0.29) is 5.39 Å². The molecule has 12 heteroatoms. The number of carboxylic acid groups (broad SMARTS) is 1. The molecule has 0 unspecified atom stereocenters. The van der Waals surface area contributed by atoms with Crippen molar-refractivity contribution >= 4 is 43.3 Å². The van der Waals surface area contributed by atoms with E-state index < -0.39 is 44.0 Å². The van der Waals surface area contributed by atoms with Gasteiger partial charge in [-0.05, 0) is 35.8 Å². The number of carbonyl (C=O) groups is 1. The van der Waals surface area contributed by atoms with Crippen molar-refractivity contribution in [1.29, 1.82) is 0 Å². The highest BCUT2D eigenvalue weighted by molar-refractivity contribution is 7.92. The first-order valence-corrected chi connectivity index (χ1v) is 9.02. The second kappa shape index (κ2) is 6.21. The molecular weight excluding hydrogens is 395 g/mol. The van der Waals surface area contributed by atoms with E-state index in [4.69, 9.17) is 5.11 Å². The fraction of sp³-hybridized carbons (Fsp3) is 0.0714. The third kappa shape index (κ3) is 3.32. The normalized spacial score (nSPS) is 12.3. The molecule has 2 heterocycles. The zero-order valence-electron chi connectivity index (χ0n) is 12.5. The Kier molecular flexibility index (Phi) is 4.32. The third-order valence-electron chi connectivity index (χ3n) is 3.32. The van der Waals surface area contributed by atoms with Crippen LogP contribution in [-0.2, 0) is 16.2 Å². The minimum absolute atomic E-state index is 0.175. The third-order valence-corrected chi connectivity index (χ3v) is 5.41. The Hall–Kier alpha value is -2.73. The molecule has 0 bridgehead atoms. The van der Waals surface area contributed by atoms with Crippen molar-refractivity contribution in [3.8, 4) is 0 Å². The van der Waals surface area contributed by atoms with Crippen LogP contribution in [0, 0.1) is 0 Å². The van der Waals surface area contributed by atoms with Crippen LogP contribution in [0.1, 0.15) is 15.9 Å². The molecule has 1 aromatic carbocycles. The van der Waals surface area contributed by atoms with Crippen LogP contribution in [0.4, 0.5) is 18.9 Å². The maximum Gasteiger partial charge on any atom is 0.416 e. The van der Waals surface area contributed by atoms with Gasteiger partial charge in [0.1, 0.15) is 0 Å². The molecule has 0 aliphatic rings. The summed E-state index contributed by atoms with van der Waals surface area (Å²) in [4.78, 5) is 15.0. The SMILES string of the molecule is O=C(O)c1ccc(C(F)(F)F)cc1NS(=O)(=O)c1nccc2sncc12. The Bertz CT molecular complexity index is 1110. The van der Waals surface area contributed by atoms with Crippen LogP contribution in [-0.4, -0.2) is 28.9 Å². The predicted octanol–water partition coefficient (Wildman–Crippen LogP) is 3.21. The first-order valence-electron chi connectivity index (χ1n) is 6.76. The number of halogens is 3. The van der Waals surface area contributed by atoms with Gasteiger partial charge >= 0.3 is 12.1 Å². The summed E-state index contributed by atoms with van der Waals surface area (Å²) >= 11 is 1.01. The highest BCUT2D eigenvalue weighted by atomic mass is 32.2. The summed E-state index contributed by atoms with van der Waals surface area (Å²) in [6.07, 6.45) is -2.31. The Labute approximate surface area is 148 Å². The van der Waals surface area contributed by atoms with Crippen molar-refractivity contribution in [2.75, 3.05) is 4.72 Å². The van der Waals surface area contributed by atoms with Crippen molar-refractivity contribution in [1.82, 2.24) is 9.36 Å². The first kappa shape index (κ1) is 18.1. The Morgan fingerprint density at radius 3 is 2.62 bits per heavy atom. The van der Waals surface area contributed by atoms with Gasteiger partial charge in [-0.15, -0.1) is 0 Å². The molecule has 7 nitrogen and oxygen atoms in total. The van der Waals surface area contributed by atoms with Gasteiger partial charge in [0.05, 0.1) is 33.1 Å². The van der Waals surface area contributed by atoms with Gasteiger partial charge in [-0.25, -0.2) is 9.78 Å². The number of rotatable bonds is 4. The van der Waals surface area contributed by atoms with Gasteiger partial charge in [0.25, 0.3) is 10.0 Å². The Balaban J connectivity index is 2.12. The van der Waals surface area contributed by atoms with E-state index in [1.54, 1.807) is 0 Å². The number of fused-ring (bicyclic) bond motifs is 1. The number of aromatic nitrogens is 2. The van der Waals surface area contributed by atoms with Crippen molar-refractivity contribution in [2.45, 2.75) is 11.2 Å². The second-order valence-electron chi connectivity index (χ2n) is 5.02. The molecule has 3 rings (SSSR count). The van der Waals surface area contributed by atoms with E-state index in [2.05, 4.69) is 9.36 Å². The van der Waals surface area contributed by atoms with Crippen LogP contribution in [0.2, 0.25) is 0 Å². The maximum absolute atomic E-state index is 12.9. The number of hydrogen-bond donors (Lipinski definition) is 2. The maximum atomic E-state index is 12.9. The molecule has 136 valence electrons. The molecule has 0 aliphatic heterocycles. The molecule has 0 fully saturated rings. The smallest absolute Gasteiger partial charge is 0.416 e. The van der Waals surface area contributed by atoms with Crippen LogP contribution in [0.15, 0.2) is 41.7 Å². The summed E-state index contributed by atoms with van der Waals surface area (Å²) < 4.78 is 70.0. The topological polar surface area (TPSA) is 109 Å². The minimum atomic E-state index is -4.77. The standard InChI is InChI=1S/C14H8F3N3O4S2/c15-14(16,17)7-1-2-8(13(21)22)10(5-7)20-26(23,24)12-9-6-19-25-11(9)3-4-18-12/h1-6,20H,(H,21,22). The average Bonchev–Trinajstić information content (AvgIpc) is 3.01. The first-order chi connectivity index (χ1) is 12.1. The molecule has 0 aliphatic carbocycles. The number of hydrogen-bond acceptors (Lipinski definition) is 6. The molecule has 0 amide bonds. The van der Waals surface area contributed by atoms with Gasteiger partial charge in [-0.1, -0.05) is 0 Å². The number of anilines is 1. The van der Waals surface area contributed by atoms with Gasteiger partial charge in [0.2, 0.25) is 0 Å². The highest BCUT2D eigenvalue weighted by Crippen LogP contribution is 2.33. The number of carboxylic acids is 1. The number of nitrogens with zero attached hydrogens (tertiary/aromatic N) is 2. The molecule has 2 N–H and O–H groups in total. The molecule has 0 atom stereocenters. The zero-order valence-corrected chi connectivity index (χ0v) is 14.1. The summed E-state index contributed by atoms with van der Waals surface area (Å²) in [6.45, 7) is 0. The van der Waals surface area contributed by atoms with Crippen molar-refractivity contribution in [2.24, 2.45) is 0 Å². The lowest BCUT2D eigenvalue weighted by molar-refractivity contribution is -0.137. The van der Waals surface area contributed by atoms with Crippen molar-refractivity contribution in [3.63, 3.8) is 0 Å². The van der Waals surface area contributed by atoms with Gasteiger partial charge < -0.3 is 5.11 Å². The zero-order chi connectivity index (χ0) is 19.1. The molecule has 3 aromatic rings. The van der Waals surface area contributed by atoms with Crippen LogP contribution in [0.25, 0.3) is 10.1 Å². The van der Waals surface area contributed by atoms with Crippen molar-refractivity contribution < 1.29 is 31.5 Å². The Morgan fingerprint density at radius 1 is 1.23 bits per heavy atom. The second-order valence-corrected chi connectivity index (χ2v) is 7.45. The molecule has 0 radical (unpaired) electrons. The average molecular weight is 403 g/mol. The van der Waals surface area contributed by atoms with Crippen molar-refractivity contribution in [3.05, 3.63) is 47.8 Å². The van der Waals surface area contributed by atoms with Gasteiger partial charge in [-0.2, -0.15) is 26.0 Å². The van der Waals surface area contributed by atoms with E-state index in [0.717, 1.165) is 11.5 Å². The number of alkyl halides is 3. The largest absolute Gasteiger partial charge is 0.478 e. The van der Waals surface area contributed by atoms with Crippen LogP contribution in [0.5, 0.6) is 0 Å². The Morgan fingerprint density at radius 2 is 1.96 bits per heavy atom. The highest BCUT2D eigenvalue weighted by Gasteiger charge is 2.32. The summed E-state index contributed by atoms with van der Waals surface area (Å²) in [5.41, 5.74) is -2.53. The number of aromatic carboxylic acids is 1. The molecule has 26 heavy (non-hydrogen) atoms. The quantitative estimate of drug-likeness (QED) is 0.692. The number of benzene rings is 1. The predicted molar refractivity (Wildman–Crippen MR) is 86.6 cm³/mol. The fourth-order valence-electron chi connectivity index (χ4n) is 2.17. The lowest BCUT2D eigenvalue weighted by atomic mass is 10.1. The molecular formula is C14H8F3N3O4S2. The molecule has 0 spiro atoms. The van der Waals surface area contributed by atoms with E-state index in [1.807, 2.05) is 4.72 Å². The molecule has 0 saturated heterocycles. The van der Waals surface area contributed by atoms with E-state index in [1.165, 1.54) is 18.5 Å². The number of pyridine rings is 1. The van der Waals surface area contributed by atoms with Gasteiger partial charge in [-0.3, -0.25) is 4.72 Å². The minimum Gasteiger partial charge on any atom is -0.478 e. The lowest BCUT2D eigenvalue weighted by Gasteiger charge is -2.13. The van der Waals surface area contributed by atoms with Gasteiger partial charge in [0.15, 0.2) is 5.03 Å². The summed E-state index contributed by atoms with van der Waals surface area (Å²) in [5, 5.41) is 8.84. The van der Waals surface area contributed by atoms with Crippen LogP contribution < -0.4 is 4.72 Å². The number of sulfonamides is 1. The summed E-state index contributed by atoms with van der Waals surface area (Å²) in [5.74, 6) is -1.58. The van der Waals surface area contributed by atoms with E-state index in [9.17, 15) is 26.4 Å². The number of nitrogens with one attached hydrogen (secondary N) is 1. The van der Waals surface area contributed by atoms with E-state index >= 15 is 0 Å². The molecule has 2 aromatic heterocycles. The summed E-state index contributed by atoms with van der Waals surface area (Å²) in [7, 11) is -4.45. The van der Waals surface area contributed by atoms with Crippen LogP contribution in [0.3, 0.4) is 0 Å². The van der Waals surface area contributed by atoms with Crippen LogP contribution >= 0.6 is 11.5 Å². The fourth-order valence-corrected chi connectivity index (χ4v) is 4.08. The van der Waals surface area contributed by atoms with E-state index in [0.29, 0.717) is 22.9 Å². The monoisotopic (exact) mass is 403 g/mol. The van der Waals surface area contributed by atoms with Gasteiger partial charge in [0, 0.05) is 6.20 Å². The summed E-state index contributed by atoms with van der Waals surface area (Å²) in [6, 6.07) is 3.19. The molecule has 0 saturated carbocycles.